The predicted molar refractivity (Wildman–Crippen MR) is 78.0 cm³/mol. The van der Waals surface area contributed by atoms with Gasteiger partial charge in [-0.25, -0.2) is 0 Å². The van der Waals surface area contributed by atoms with Crippen molar-refractivity contribution in [1.82, 2.24) is 5.32 Å². The second-order valence-electron chi connectivity index (χ2n) is 4.76. The maximum Gasteiger partial charge on any atom is 0.0351 e. The fourth-order valence-corrected chi connectivity index (χ4v) is 3.33. The first-order chi connectivity index (χ1) is 8.13. The quantitative estimate of drug-likeness (QED) is 0.793. The van der Waals surface area contributed by atoms with Gasteiger partial charge in [0.2, 0.25) is 0 Å². The Morgan fingerprint density at radius 3 is 2.53 bits per heavy atom. The molecule has 2 aromatic rings. The van der Waals surface area contributed by atoms with Gasteiger partial charge in [-0.1, -0.05) is 13.0 Å². The van der Waals surface area contributed by atoms with Crippen molar-refractivity contribution in [2.24, 2.45) is 0 Å². The van der Waals surface area contributed by atoms with E-state index in [0.717, 1.165) is 13.1 Å². The molecular formula is C15H21NS. The van der Waals surface area contributed by atoms with Crippen LogP contribution in [0.5, 0.6) is 0 Å². The zero-order valence-corrected chi connectivity index (χ0v) is 12.0. The number of aryl methyl sites for hydroxylation is 3. The molecule has 0 aliphatic heterocycles. The molecule has 0 bridgehead atoms. The number of fused-ring (bicyclic) bond motifs is 1. The zero-order chi connectivity index (χ0) is 12.4. The number of hydrogen-bond acceptors (Lipinski definition) is 2. The molecule has 0 aliphatic carbocycles. The highest BCUT2D eigenvalue weighted by Gasteiger charge is 2.09. The van der Waals surface area contributed by atoms with Gasteiger partial charge in [0, 0.05) is 16.1 Å². The third-order valence-electron chi connectivity index (χ3n) is 3.36. The van der Waals surface area contributed by atoms with Crippen LogP contribution in [0.4, 0.5) is 0 Å². The average molecular weight is 247 g/mol. The molecule has 0 aliphatic rings. The van der Waals surface area contributed by atoms with Crippen LogP contribution in [0.25, 0.3) is 10.1 Å². The lowest BCUT2D eigenvalue weighted by molar-refractivity contribution is 0.680. The lowest BCUT2D eigenvalue weighted by atomic mass is 10.1. The van der Waals surface area contributed by atoms with Crippen LogP contribution >= 0.6 is 11.3 Å². The summed E-state index contributed by atoms with van der Waals surface area (Å²) < 4.78 is 1.43. The summed E-state index contributed by atoms with van der Waals surface area (Å²) >= 11 is 1.93. The lowest BCUT2D eigenvalue weighted by Crippen LogP contribution is -2.13. The SMILES string of the molecule is CCCNCc1sc2cc(C)c(C)cc2c1C. The maximum absolute atomic E-state index is 3.49. The van der Waals surface area contributed by atoms with Crippen molar-refractivity contribution in [2.75, 3.05) is 6.54 Å². The molecular weight excluding hydrogens is 226 g/mol. The molecule has 92 valence electrons. The Labute approximate surface area is 108 Å². The molecule has 0 radical (unpaired) electrons. The first-order valence-electron chi connectivity index (χ1n) is 6.33. The van der Waals surface area contributed by atoms with E-state index < -0.39 is 0 Å². The third-order valence-corrected chi connectivity index (χ3v) is 4.62. The van der Waals surface area contributed by atoms with E-state index in [1.165, 1.54) is 38.1 Å². The molecule has 1 aromatic heterocycles. The number of thiophene rings is 1. The first kappa shape index (κ1) is 12.6. The summed E-state index contributed by atoms with van der Waals surface area (Å²) in [7, 11) is 0. The predicted octanol–water partition coefficient (Wildman–Crippen LogP) is 4.33. The van der Waals surface area contributed by atoms with Crippen LogP contribution in [0, 0.1) is 20.8 Å². The van der Waals surface area contributed by atoms with E-state index >= 15 is 0 Å². The van der Waals surface area contributed by atoms with Crippen molar-refractivity contribution in [2.45, 2.75) is 40.7 Å². The standard InChI is InChI=1S/C15H21NS/c1-5-6-16-9-15-12(4)13-7-10(2)11(3)8-14(13)17-15/h7-8,16H,5-6,9H2,1-4H3. The summed E-state index contributed by atoms with van der Waals surface area (Å²) in [6.45, 7) is 11.0. The molecule has 17 heavy (non-hydrogen) atoms. The Bertz CT molecular complexity index is 525. The Morgan fingerprint density at radius 2 is 1.82 bits per heavy atom. The molecule has 1 nitrogen and oxygen atoms in total. The van der Waals surface area contributed by atoms with Crippen LogP contribution in [-0.2, 0) is 6.54 Å². The third kappa shape index (κ3) is 2.53. The van der Waals surface area contributed by atoms with Gasteiger partial charge in [-0.15, -0.1) is 11.3 Å². The van der Waals surface area contributed by atoms with Crippen LogP contribution < -0.4 is 5.32 Å². The normalized spacial score (nSPS) is 11.3. The summed E-state index contributed by atoms with van der Waals surface area (Å²) in [5, 5.41) is 4.93. The molecule has 2 rings (SSSR count). The molecule has 2 heteroatoms. The Balaban J connectivity index is 2.35. The van der Waals surface area contributed by atoms with Crippen LogP contribution in [0.1, 0.15) is 34.9 Å². The van der Waals surface area contributed by atoms with Crippen molar-refractivity contribution < 1.29 is 0 Å². The number of nitrogens with one attached hydrogen (secondary N) is 1. The minimum atomic E-state index is 1.01. The smallest absolute Gasteiger partial charge is 0.0351 e. The van der Waals surface area contributed by atoms with Gasteiger partial charge in [0.25, 0.3) is 0 Å². The van der Waals surface area contributed by atoms with Crippen LogP contribution in [-0.4, -0.2) is 6.54 Å². The molecule has 0 unspecified atom stereocenters. The van der Waals surface area contributed by atoms with Gasteiger partial charge in [-0.2, -0.15) is 0 Å². The van der Waals surface area contributed by atoms with Gasteiger partial charge in [0.15, 0.2) is 0 Å². The van der Waals surface area contributed by atoms with E-state index in [-0.39, 0.29) is 0 Å². The molecule has 1 heterocycles. The van der Waals surface area contributed by atoms with Gasteiger partial charge in [0.1, 0.15) is 0 Å². The largest absolute Gasteiger partial charge is 0.312 e. The maximum atomic E-state index is 3.49. The number of benzene rings is 1. The van der Waals surface area contributed by atoms with E-state index in [9.17, 15) is 0 Å². The Kier molecular flexibility index (Phi) is 3.85. The van der Waals surface area contributed by atoms with E-state index in [1.54, 1.807) is 0 Å². The number of rotatable bonds is 4. The van der Waals surface area contributed by atoms with E-state index in [4.69, 9.17) is 0 Å². The summed E-state index contributed by atoms with van der Waals surface area (Å²) in [5.41, 5.74) is 4.25. The van der Waals surface area contributed by atoms with Crippen LogP contribution in [0.2, 0.25) is 0 Å². The summed E-state index contributed by atoms with van der Waals surface area (Å²) in [4.78, 5) is 1.48. The zero-order valence-electron chi connectivity index (χ0n) is 11.2. The molecule has 0 saturated carbocycles. The lowest BCUT2D eigenvalue weighted by Gasteiger charge is -2.02. The fraction of sp³-hybridized carbons (Fsp3) is 0.467. The van der Waals surface area contributed by atoms with Crippen molar-refractivity contribution in [1.29, 1.82) is 0 Å². The molecule has 0 fully saturated rings. The molecule has 0 spiro atoms. The van der Waals surface area contributed by atoms with Gasteiger partial charge in [0.05, 0.1) is 0 Å². The molecule has 0 amide bonds. The fourth-order valence-electron chi connectivity index (χ4n) is 2.07. The van der Waals surface area contributed by atoms with E-state index in [1.807, 2.05) is 11.3 Å². The summed E-state index contributed by atoms with van der Waals surface area (Å²) in [5.74, 6) is 0. The average Bonchev–Trinajstić information content (AvgIpc) is 2.58. The monoisotopic (exact) mass is 247 g/mol. The molecule has 0 saturated heterocycles. The van der Waals surface area contributed by atoms with E-state index in [2.05, 4.69) is 45.1 Å². The Hall–Kier alpha value is -0.860. The van der Waals surface area contributed by atoms with Crippen molar-refractivity contribution in [3.63, 3.8) is 0 Å². The van der Waals surface area contributed by atoms with Crippen LogP contribution in [0.15, 0.2) is 12.1 Å². The van der Waals surface area contributed by atoms with Crippen molar-refractivity contribution >= 4 is 21.4 Å². The van der Waals surface area contributed by atoms with Gasteiger partial charge in [-0.3, -0.25) is 0 Å². The summed E-state index contributed by atoms with van der Waals surface area (Å²) in [6, 6.07) is 4.66. The second kappa shape index (κ2) is 5.19. The molecule has 1 aromatic carbocycles. The second-order valence-corrected chi connectivity index (χ2v) is 5.90. The highest BCUT2D eigenvalue weighted by Crippen LogP contribution is 2.32. The highest BCUT2D eigenvalue weighted by molar-refractivity contribution is 7.19. The topological polar surface area (TPSA) is 12.0 Å². The summed E-state index contributed by atoms with van der Waals surface area (Å²) in [6.07, 6.45) is 1.20. The molecule has 1 N–H and O–H groups in total. The van der Waals surface area contributed by atoms with Crippen molar-refractivity contribution in [3.8, 4) is 0 Å². The van der Waals surface area contributed by atoms with Crippen LogP contribution in [0.3, 0.4) is 0 Å². The highest BCUT2D eigenvalue weighted by atomic mass is 32.1. The van der Waals surface area contributed by atoms with Gasteiger partial charge < -0.3 is 5.32 Å². The molecule has 0 atom stereocenters. The van der Waals surface area contributed by atoms with E-state index in [0.29, 0.717) is 0 Å². The van der Waals surface area contributed by atoms with Gasteiger partial charge in [-0.05, 0) is 61.9 Å². The Morgan fingerprint density at radius 1 is 1.12 bits per heavy atom. The minimum absolute atomic E-state index is 1.01. The minimum Gasteiger partial charge on any atom is -0.312 e. The first-order valence-corrected chi connectivity index (χ1v) is 7.15. The number of hydrogen-bond donors (Lipinski definition) is 1. The van der Waals surface area contributed by atoms with Crippen molar-refractivity contribution in [3.05, 3.63) is 33.7 Å². The van der Waals surface area contributed by atoms with Gasteiger partial charge >= 0.3 is 0 Å².